The van der Waals surface area contributed by atoms with Gasteiger partial charge in [-0.3, -0.25) is 0 Å². The molecule has 0 saturated heterocycles. The van der Waals surface area contributed by atoms with Crippen molar-refractivity contribution in [1.29, 1.82) is 0 Å². The normalized spacial score (nSPS) is 8.80. The van der Waals surface area contributed by atoms with Crippen LogP contribution in [0.4, 0.5) is 0 Å². The van der Waals surface area contributed by atoms with Crippen LogP contribution in [0.5, 0.6) is 5.75 Å². The van der Waals surface area contributed by atoms with Crippen molar-refractivity contribution < 1.29 is 25.2 Å². The van der Waals surface area contributed by atoms with Crippen LogP contribution in [0.1, 0.15) is 0 Å². The Morgan fingerprint density at radius 3 is 1.65 bits per heavy atom. The predicted molar refractivity (Wildman–Crippen MR) is 79.5 cm³/mol. The molecular formula is C15H24O5. The van der Waals surface area contributed by atoms with Gasteiger partial charge in [-0.1, -0.05) is 30.4 Å². The van der Waals surface area contributed by atoms with Crippen LogP contribution in [0.15, 0.2) is 55.6 Å². The molecule has 114 valence electrons. The van der Waals surface area contributed by atoms with Crippen molar-refractivity contribution in [2.24, 2.45) is 0 Å². The molecule has 5 heteroatoms. The van der Waals surface area contributed by atoms with Crippen molar-refractivity contribution >= 4 is 0 Å². The number of ether oxygens (including phenoxy) is 1. The molecule has 0 unspecified atom stereocenters. The lowest BCUT2D eigenvalue weighted by Gasteiger charge is -1.96. The summed E-state index contributed by atoms with van der Waals surface area (Å²) in [6.45, 7) is 7.45. The molecule has 5 nitrogen and oxygen atoms in total. The highest BCUT2D eigenvalue weighted by Crippen LogP contribution is 2.02. The first-order chi connectivity index (χ1) is 9.62. The van der Waals surface area contributed by atoms with Crippen molar-refractivity contribution in [2.45, 2.75) is 6.10 Å². The fraction of sp³-hybridized carbons (Fsp3) is 0.333. The third-order valence-electron chi connectivity index (χ3n) is 1.65. The fourth-order valence-electron chi connectivity index (χ4n) is 0.720. The van der Waals surface area contributed by atoms with Gasteiger partial charge in [-0.25, -0.2) is 0 Å². The lowest BCUT2D eigenvalue weighted by Crippen LogP contribution is -2.15. The molecule has 0 aliphatic heterocycles. The molecule has 1 rings (SSSR count). The van der Waals surface area contributed by atoms with Gasteiger partial charge < -0.3 is 25.2 Å². The summed E-state index contributed by atoms with van der Waals surface area (Å²) in [6, 6.07) is 8.71. The standard InChI is InChI=1S/C6H6O.C6H10O.C3H8O3/c7-6-4-2-1-3-5-6;1-3-5-7-6-4-2;4-1-3(6)2-5/h1-5,7H;3-4H,1-2,5-6H2;3-6H,1-2H2. The summed E-state index contributed by atoms with van der Waals surface area (Å²) in [6.07, 6.45) is 2.47. The molecule has 0 bridgehead atoms. The summed E-state index contributed by atoms with van der Waals surface area (Å²) < 4.78 is 4.90. The largest absolute Gasteiger partial charge is 0.508 e. The molecule has 0 aromatic heterocycles. The Morgan fingerprint density at radius 2 is 1.45 bits per heavy atom. The van der Waals surface area contributed by atoms with Gasteiger partial charge in [0.05, 0.1) is 26.4 Å². The lowest BCUT2D eigenvalue weighted by molar-refractivity contribution is 0.0450. The van der Waals surface area contributed by atoms with Gasteiger partial charge in [0.1, 0.15) is 11.9 Å². The molecule has 0 spiro atoms. The minimum absolute atomic E-state index is 0.322. The smallest absolute Gasteiger partial charge is 0.115 e. The fourth-order valence-corrected chi connectivity index (χ4v) is 0.720. The van der Waals surface area contributed by atoms with Crippen molar-refractivity contribution in [3.8, 4) is 5.75 Å². The predicted octanol–water partition coefficient (Wildman–Crippen LogP) is 1.10. The third-order valence-corrected chi connectivity index (χ3v) is 1.65. The van der Waals surface area contributed by atoms with Gasteiger partial charge in [0, 0.05) is 0 Å². The van der Waals surface area contributed by atoms with Crippen LogP contribution in [-0.2, 0) is 4.74 Å². The molecule has 0 saturated carbocycles. The molecule has 0 heterocycles. The van der Waals surface area contributed by atoms with E-state index in [1.165, 1.54) is 0 Å². The summed E-state index contributed by atoms with van der Waals surface area (Å²) in [5.41, 5.74) is 0. The van der Waals surface area contributed by atoms with Crippen molar-refractivity contribution in [2.75, 3.05) is 26.4 Å². The Balaban J connectivity index is 0. The minimum atomic E-state index is -0.954. The zero-order chi connectivity index (χ0) is 15.6. The topological polar surface area (TPSA) is 90.2 Å². The first kappa shape index (κ1) is 20.7. The quantitative estimate of drug-likeness (QED) is 0.464. The number of rotatable bonds is 6. The van der Waals surface area contributed by atoms with E-state index in [-0.39, 0.29) is 13.2 Å². The molecule has 0 aliphatic rings. The number of aliphatic hydroxyl groups is 3. The first-order valence-electron chi connectivity index (χ1n) is 6.05. The molecule has 0 atom stereocenters. The van der Waals surface area contributed by atoms with Gasteiger partial charge >= 0.3 is 0 Å². The SMILES string of the molecule is C=CCOCC=C.OCC(O)CO.Oc1ccccc1. The van der Waals surface area contributed by atoms with E-state index in [0.29, 0.717) is 19.0 Å². The van der Waals surface area contributed by atoms with E-state index >= 15 is 0 Å². The third kappa shape index (κ3) is 18.7. The average molecular weight is 284 g/mol. The summed E-state index contributed by atoms with van der Waals surface area (Å²) in [4.78, 5) is 0. The molecule has 0 amide bonds. The number of aliphatic hydroxyl groups excluding tert-OH is 3. The van der Waals surface area contributed by atoms with E-state index in [2.05, 4.69) is 13.2 Å². The van der Waals surface area contributed by atoms with Crippen LogP contribution in [0, 0.1) is 0 Å². The monoisotopic (exact) mass is 284 g/mol. The van der Waals surface area contributed by atoms with Crippen molar-refractivity contribution in [3.63, 3.8) is 0 Å². The second kappa shape index (κ2) is 17.3. The molecular weight excluding hydrogens is 260 g/mol. The van der Waals surface area contributed by atoms with E-state index in [1.54, 1.807) is 36.4 Å². The molecule has 0 radical (unpaired) electrons. The highest BCUT2D eigenvalue weighted by Gasteiger charge is 1.93. The van der Waals surface area contributed by atoms with Gasteiger partial charge in [0.25, 0.3) is 0 Å². The van der Waals surface area contributed by atoms with Crippen LogP contribution >= 0.6 is 0 Å². The Labute approximate surface area is 120 Å². The summed E-state index contributed by atoms with van der Waals surface area (Å²) in [5, 5.41) is 32.6. The molecule has 4 N–H and O–H groups in total. The minimum Gasteiger partial charge on any atom is -0.508 e. The van der Waals surface area contributed by atoms with Crippen LogP contribution in [0.3, 0.4) is 0 Å². The summed E-state index contributed by atoms with van der Waals surface area (Å²) >= 11 is 0. The highest BCUT2D eigenvalue weighted by molar-refractivity contribution is 5.18. The number of hydrogen-bond donors (Lipinski definition) is 4. The average Bonchev–Trinajstić information content (AvgIpc) is 2.49. The van der Waals surface area contributed by atoms with Crippen LogP contribution in [-0.4, -0.2) is 53.0 Å². The molecule has 1 aromatic rings. The van der Waals surface area contributed by atoms with Crippen molar-refractivity contribution in [3.05, 3.63) is 55.6 Å². The van der Waals surface area contributed by atoms with Crippen LogP contribution in [0.2, 0.25) is 0 Å². The van der Waals surface area contributed by atoms with Gasteiger partial charge in [-0.2, -0.15) is 0 Å². The van der Waals surface area contributed by atoms with Gasteiger partial charge in [-0.15, -0.1) is 13.2 Å². The van der Waals surface area contributed by atoms with Crippen molar-refractivity contribution in [1.82, 2.24) is 0 Å². The maximum absolute atomic E-state index is 8.63. The Morgan fingerprint density at radius 1 is 1.00 bits per heavy atom. The van der Waals surface area contributed by atoms with E-state index in [4.69, 9.17) is 25.2 Å². The van der Waals surface area contributed by atoms with Gasteiger partial charge in [0.15, 0.2) is 0 Å². The number of phenols is 1. The number of hydrogen-bond acceptors (Lipinski definition) is 5. The zero-order valence-electron chi connectivity index (χ0n) is 11.6. The number of aromatic hydroxyl groups is 1. The Kier molecular flexibility index (Phi) is 17.9. The van der Waals surface area contributed by atoms with Gasteiger partial charge in [0.2, 0.25) is 0 Å². The highest BCUT2D eigenvalue weighted by atomic mass is 16.5. The van der Waals surface area contributed by atoms with Gasteiger partial charge in [-0.05, 0) is 12.1 Å². The maximum atomic E-state index is 8.63. The Bertz CT molecular complexity index is 301. The van der Waals surface area contributed by atoms with E-state index in [0.717, 1.165) is 0 Å². The van der Waals surface area contributed by atoms with Crippen LogP contribution in [0.25, 0.3) is 0 Å². The lowest BCUT2D eigenvalue weighted by atomic mass is 10.3. The second-order valence-corrected chi connectivity index (χ2v) is 3.47. The molecule has 20 heavy (non-hydrogen) atoms. The first-order valence-corrected chi connectivity index (χ1v) is 6.05. The maximum Gasteiger partial charge on any atom is 0.115 e. The number of benzene rings is 1. The second-order valence-electron chi connectivity index (χ2n) is 3.47. The number of para-hydroxylation sites is 1. The van der Waals surface area contributed by atoms with E-state index < -0.39 is 6.10 Å². The van der Waals surface area contributed by atoms with E-state index in [1.807, 2.05) is 6.07 Å². The number of phenolic OH excluding ortho intramolecular Hbond substituents is 1. The summed E-state index contributed by atoms with van der Waals surface area (Å²) in [5.74, 6) is 0.322. The molecule has 0 fully saturated rings. The molecule has 0 aliphatic carbocycles. The van der Waals surface area contributed by atoms with E-state index in [9.17, 15) is 0 Å². The Hall–Kier alpha value is -1.66. The summed E-state index contributed by atoms with van der Waals surface area (Å²) in [7, 11) is 0. The van der Waals surface area contributed by atoms with Crippen LogP contribution < -0.4 is 0 Å². The molecule has 1 aromatic carbocycles. The zero-order valence-corrected chi connectivity index (χ0v) is 11.6.